The minimum absolute atomic E-state index is 0.0689. The molecule has 1 aliphatic carbocycles. The van der Waals surface area contributed by atoms with Gasteiger partial charge in [-0.1, -0.05) is 24.3 Å². The summed E-state index contributed by atoms with van der Waals surface area (Å²) in [4.78, 5) is 0. The van der Waals surface area contributed by atoms with E-state index in [0.29, 0.717) is 0 Å². The summed E-state index contributed by atoms with van der Waals surface area (Å²) in [5.74, 6) is 0. The topological polar surface area (TPSA) is 44.0 Å². The van der Waals surface area contributed by atoms with Crippen LogP contribution < -0.4 is 0 Å². The van der Waals surface area contributed by atoms with Crippen molar-refractivity contribution in [2.45, 2.75) is 24.7 Å². The number of aryl methyl sites for hydroxylation is 1. The van der Waals surface area contributed by atoms with E-state index in [4.69, 9.17) is 0 Å². The molecule has 2 heteroatoms. The summed E-state index contributed by atoms with van der Waals surface area (Å²) < 4.78 is 0. The smallest absolute Gasteiger partial charge is 0.105 e. The van der Waals surface area contributed by atoms with E-state index < -0.39 is 5.41 Å². The quantitative estimate of drug-likeness (QED) is 0.728. The van der Waals surface area contributed by atoms with Crippen LogP contribution >= 0.6 is 0 Å². The second-order valence-electron chi connectivity index (χ2n) is 3.86. The number of benzene rings is 1. The first-order valence-corrected chi connectivity index (χ1v) is 4.93. The summed E-state index contributed by atoms with van der Waals surface area (Å²) in [5, 5.41) is 18.5. The monoisotopic (exact) mass is 187 g/mol. The summed E-state index contributed by atoms with van der Waals surface area (Å²) in [6.45, 7) is -0.0689. The van der Waals surface area contributed by atoms with Crippen molar-refractivity contribution >= 4 is 0 Å². The van der Waals surface area contributed by atoms with E-state index in [0.717, 1.165) is 24.8 Å². The zero-order valence-electron chi connectivity index (χ0n) is 8.03. The number of hydrogen-bond donors (Lipinski definition) is 1. The molecule has 0 fully saturated rings. The molecule has 0 saturated heterocycles. The highest BCUT2D eigenvalue weighted by molar-refractivity contribution is 5.41. The first-order chi connectivity index (χ1) is 6.82. The van der Waals surface area contributed by atoms with E-state index in [-0.39, 0.29) is 6.61 Å². The Morgan fingerprint density at radius 2 is 2.21 bits per heavy atom. The third-order valence-corrected chi connectivity index (χ3v) is 3.07. The maximum Gasteiger partial charge on any atom is 0.105 e. The summed E-state index contributed by atoms with van der Waals surface area (Å²) in [5.41, 5.74) is 1.60. The molecule has 1 N–H and O–H groups in total. The molecule has 0 amide bonds. The van der Waals surface area contributed by atoms with Crippen molar-refractivity contribution in [2.24, 2.45) is 0 Å². The number of nitrogens with zero attached hydrogens (tertiary/aromatic N) is 1. The Labute approximate surface area is 83.8 Å². The first-order valence-electron chi connectivity index (χ1n) is 4.93. The lowest BCUT2D eigenvalue weighted by atomic mass is 9.71. The van der Waals surface area contributed by atoms with Gasteiger partial charge in [-0.15, -0.1) is 0 Å². The number of aliphatic hydroxyl groups is 1. The van der Waals surface area contributed by atoms with Crippen LogP contribution in [0.3, 0.4) is 0 Å². The van der Waals surface area contributed by atoms with Crippen molar-refractivity contribution in [1.29, 1.82) is 5.26 Å². The van der Waals surface area contributed by atoms with Crippen molar-refractivity contribution in [2.75, 3.05) is 6.61 Å². The maximum absolute atomic E-state index is 9.37. The summed E-state index contributed by atoms with van der Waals surface area (Å²) in [6.07, 6.45) is 2.79. The zero-order valence-corrected chi connectivity index (χ0v) is 8.03. The standard InChI is InChI=1S/C12H13NO/c13-8-12(9-14)7-3-5-10-4-1-2-6-11(10)12/h1-2,4,6,14H,3,5,7,9H2/t12-/m1/s1. The van der Waals surface area contributed by atoms with Crippen LogP contribution in [0.1, 0.15) is 24.0 Å². The van der Waals surface area contributed by atoms with Gasteiger partial charge in [-0.05, 0) is 30.4 Å². The third-order valence-electron chi connectivity index (χ3n) is 3.07. The molecular formula is C12H13NO. The van der Waals surface area contributed by atoms with Crippen molar-refractivity contribution in [1.82, 2.24) is 0 Å². The van der Waals surface area contributed by atoms with Crippen molar-refractivity contribution in [3.63, 3.8) is 0 Å². The second kappa shape index (κ2) is 3.43. The van der Waals surface area contributed by atoms with Crippen LogP contribution in [0, 0.1) is 11.3 Å². The molecule has 1 atom stereocenters. The van der Waals surface area contributed by atoms with E-state index in [2.05, 4.69) is 12.1 Å². The summed E-state index contributed by atoms with van der Waals surface area (Å²) in [6, 6.07) is 10.2. The molecule has 2 rings (SSSR count). The summed E-state index contributed by atoms with van der Waals surface area (Å²) >= 11 is 0. The fourth-order valence-corrected chi connectivity index (χ4v) is 2.24. The average molecular weight is 187 g/mol. The Kier molecular flexibility index (Phi) is 2.26. The van der Waals surface area contributed by atoms with Crippen molar-refractivity contribution < 1.29 is 5.11 Å². The van der Waals surface area contributed by atoms with Gasteiger partial charge in [-0.3, -0.25) is 0 Å². The molecule has 0 heterocycles. The fourth-order valence-electron chi connectivity index (χ4n) is 2.24. The highest BCUT2D eigenvalue weighted by Gasteiger charge is 2.35. The minimum Gasteiger partial charge on any atom is -0.394 e. The molecule has 1 aromatic carbocycles. The van der Waals surface area contributed by atoms with Gasteiger partial charge < -0.3 is 5.11 Å². The molecule has 0 aromatic heterocycles. The van der Waals surface area contributed by atoms with Gasteiger partial charge in [0.15, 0.2) is 0 Å². The number of nitriles is 1. The molecule has 0 spiro atoms. The molecule has 0 aliphatic heterocycles. The van der Waals surface area contributed by atoms with Crippen LogP contribution in [0.4, 0.5) is 0 Å². The van der Waals surface area contributed by atoms with E-state index >= 15 is 0 Å². The van der Waals surface area contributed by atoms with Gasteiger partial charge in [-0.25, -0.2) is 0 Å². The van der Waals surface area contributed by atoms with Crippen molar-refractivity contribution in [3.05, 3.63) is 35.4 Å². The lowest BCUT2D eigenvalue weighted by molar-refractivity contribution is 0.213. The predicted molar refractivity (Wildman–Crippen MR) is 53.8 cm³/mol. The molecule has 0 unspecified atom stereocenters. The van der Waals surface area contributed by atoms with Gasteiger partial charge in [0.1, 0.15) is 5.41 Å². The number of rotatable bonds is 1. The molecule has 0 saturated carbocycles. The third kappa shape index (κ3) is 1.21. The lowest BCUT2D eigenvalue weighted by Gasteiger charge is -2.31. The maximum atomic E-state index is 9.37. The van der Waals surface area contributed by atoms with Gasteiger partial charge in [0.2, 0.25) is 0 Å². The van der Waals surface area contributed by atoms with Gasteiger partial charge in [0.25, 0.3) is 0 Å². The number of fused-ring (bicyclic) bond motifs is 1. The molecule has 0 radical (unpaired) electrons. The minimum atomic E-state index is -0.644. The first kappa shape index (κ1) is 9.23. The van der Waals surface area contributed by atoms with Gasteiger partial charge >= 0.3 is 0 Å². The highest BCUT2D eigenvalue weighted by Crippen LogP contribution is 2.36. The van der Waals surface area contributed by atoms with E-state index in [1.54, 1.807) is 0 Å². The lowest BCUT2D eigenvalue weighted by Crippen LogP contribution is -2.33. The molecule has 14 heavy (non-hydrogen) atoms. The highest BCUT2D eigenvalue weighted by atomic mass is 16.3. The molecular weight excluding hydrogens is 174 g/mol. The predicted octanol–water partition coefficient (Wildman–Crippen LogP) is 1.78. The summed E-state index contributed by atoms with van der Waals surface area (Å²) in [7, 11) is 0. The molecule has 1 aliphatic rings. The molecule has 0 bridgehead atoms. The van der Waals surface area contributed by atoms with E-state index in [1.165, 1.54) is 5.56 Å². The van der Waals surface area contributed by atoms with Crippen LogP contribution in [-0.2, 0) is 11.8 Å². The van der Waals surface area contributed by atoms with E-state index in [1.807, 2.05) is 18.2 Å². The van der Waals surface area contributed by atoms with Gasteiger partial charge in [-0.2, -0.15) is 5.26 Å². The number of aliphatic hydroxyl groups excluding tert-OH is 1. The largest absolute Gasteiger partial charge is 0.394 e. The average Bonchev–Trinajstić information content (AvgIpc) is 2.28. The zero-order chi connectivity index (χ0) is 10.0. The van der Waals surface area contributed by atoms with Gasteiger partial charge in [0, 0.05) is 0 Å². The molecule has 2 nitrogen and oxygen atoms in total. The molecule has 72 valence electrons. The van der Waals surface area contributed by atoms with E-state index in [9.17, 15) is 10.4 Å². The van der Waals surface area contributed by atoms with Crippen LogP contribution in [0.15, 0.2) is 24.3 Å². The Hall–Kier alpha value is -1.33. The number of hydrogen-bond acceptors (Lipinski definition) is 2. The fraction of sp³-hybridized carbons (Fsp3) is 0.417. The van der Waals surface area contributed by atoms with Crippen molar-refractivity contribution in [3.8, 4) is 6.07 Å². The second-order valence-corrected chi connectivity index (χ2v) is 3.86. The molecule has 1 aromatic rings. The SMILES string of the molecule is N#C[C@@]1(CO)CCCc2ccccc21. The Morgan fingerprint density at radius 3 is 2.93 bits per heavy atom. The van der Waals surface area contributed by atoms with Gasteiger partial charge in [0.05, 0.1) is 12.7 Å². The normalized spacial score (nSPS) is 25.1. The Bertz CT molecular complexity index is 380. The van der Waals surface area contributed by atoms with Crippen LogP contribution in [0.25, 0.3) is 0 Å². The Morgan fingerprint density at radius 1 is 1.43 bits per heavy atom. The van der Waals surface area contributed by atoms with Crippen LogP contribution in [-0.4, -0.2) is 11.7 Å². The van der Waals surface area contributed by atoms with Crippen LogP contribution in [0.2, 0.25) is 0 Å². The van der Waals surface area contributed by atoms with Crippen LogP contribution in [0.5, 0.6) is 0 Å². The Balaban J connectivity index is 2.55.